The Bertz CT molecular complexity index is 520. The first-order valence-corrected chi connectivity index (χ1v) is 9.24. The molecule has 5 heteroatoms. The third kappa shape index (κ3) is 3.07. The zero-order valence-electron chi connectivity index (χ0n) is 13.5. The Labute approximate surface area is 136 Å². The summed E-state index contributed by atoms with van der Waals surface area (Å²) in [5.41, 5.74) is 1.17. The van der Waals surface area contributed by atoms with Crippen LogP contribution < -0.4 is 0 Å². The zero-order valence-corrected chi connectivity index (χ0v) is 14.3. The molecule has 1 N–H and O–H groups in total. The number of nitrogens with zero attached hydrogens (tertiary/aromatic N) is 2. The van der Waals surface area contributed by atoms with Gasteiger partial charge in [0.15, 0.2) is 0 Å². The average molecular weight is 322 g/mol. The van der Waals surface area contributed by atoms with Gasteiger partial charge in [-0.1, -0.05) is 13.8 Å². The minimum absolute atomic E-state index is 0.174. The molecule has 3 rings (SSSR count). The Balaban J connectivity index is 1.61. The van der Waals surface area contributed by atoms with Gasteiger partial charge in [-0.2, -0.15) is 0 Å². The molecule has 1 aromatic rings. The van der Waals surface area contributed by atoms with E-state index in [1.807, 2.05) is 10.3 Å². The summed E-state index contributed by atoms with van der Waals surface area (Å²) >= 11 is 1.56. The van der Waals surface area contributed by atoms with E-state index in [-0.39, 0.29) is 12.0 Å². The minimum atomic E-state index is -0.174. The van der Waals surface area contributed by atoms with Crippen LogP contribution >= 0.6 is 11.3 Å². The molecule has 0 bridgehead atoms. The number of rotatable bonds is 3. The molecule has 1 aromatic heterocycles. The lowest BCUT2D eigenvalue weighted by molar-refractivity contribution is 0.0317. The summed E-state index contributed by atoms with van der Waals surface area (Å²) in [6.45, 7) is 7.59. The molecule has 4 nitrogen and oxygen atoms in total. The predicted octanol–water partition coefficient (Wildman–Crippen LogP) is 2.54. The zero-order chi connectivity index (χ0) is 15.7. The van der Waals surface area contributed by atoms with Gasteiger partial charge in [-0.15, -0.1) is 11.3 Å². The number of hydrogen-bond acceptors (Lipinski definition) is 4. The van der Waals surface area contributed by atoms with Gasteiger partial charge in [-0.3, -0.25) is 9.69 Å². The van der Waals surface area contributed by atoms with Crippen LogP contribution in [0.5, 0.6) is 0 Å². The van der Waals surface area contributed by atoms with Crippen molar-refractivity contribution in [3.05, 3.63) is 21.9 Å². The van der Waals surface area contributed by atoms with Crippen LogP contribution in [0.3, 0.4) is 0 Å². The number of aliphatic hydroxyl groups excluding tert-OH is 1. The average Bonchev–Trinajstić information content (AvgIpc) is 3.15. The molecule has 2 aliphatic rings. The van der Waals surface area contributed by atoms with Crippen molar-refractivity contribution in [2.45, 2.75) is 51.2 Å². The fraction of sp³-hybridized carbons (Fsp3) is 0.706. The van der Waals surface area contributed by atoms with Crippen LogP contribution in [0.1, 0.15) is 54.3 Å². The monoisotopic (exact) mass is 322 g/mol. The molecule has 0 spiro atoms. The third-order valence-corrected chi connectivity index (χ3v) is 5.94. The Kier molecular flexibility index (Phi) is 4.85. The summed E-state index contributed by atoms with van der Waals surface area (Å²) in [6.07, 6.45) is 2.97. The summed E-state index contributed by atoms with van der Waals surface area (Å²) < 4.78 is 0. The van der Waals surface area contributed by atoms with E-state index in [1.165, 1.54) is 5.56 Å². The molecule has 0 aromatic carbocycles. The van der Waals surface area contributed by atoms with E-state index in [4.69, 9.17) is 0 Å². The number of hydrogen-bond donors (Lipinski definition) is 1. The van der Waals surface area contributed by atoms with Gasteiger partial charge in [-0.05, 0) is 42.2 Å². The highest BCUT2D eigenvalue weighted by atomic mass is 32.1. The van der Waals surface area contributed by atoms with Gasteiger partial charge in [0, 0.05) is 32.2 Å². The predicted molar refractivity (Wildman–Crippen MR) is 89.5 cm³/mol. The standard InChI is InChI=1S/C17H26N2O2S/c1-12(2)13-6-11-22-16(13)17(21)19-9-7-18(8-10-19)14-4-3-5-15(14)20/h6,11-12,14-15,20H,3-5,7-10H2,1-2H3/t14-,15+/m0/s1. The summed E-state index contributed by atoms with van der Waals surface area (Å²) in [4.78, 5) is 18.0. The lowest BCUT2D eigenvalue weighted by atomic mass is 10.0. The van der Waals surface area contributed by atoms with Gasteiger partial charge < -0.3 is 10.0 Å². The van der Waals surface area contributed by atoms with Crippen LogP contribution in [0.2, 0.25) is 0 Å². The van der Waals surface area contributed by atoms with Crippen molar-refractivity contribution in [1.29, 1.82) is 0 Å². The lowest BCUT2D eigenvalue weighted by Gasteiger charge is -2.39. The number of carbonyl (C=O) groups excluding carboxylic acids is 1. The normalized spacial score (nSPS) is 26.8. The quantitative estimate of drug-likeness (QED) is 0.930. The fourth-order valence-electron chi connectivity index (χ4n) is 3.69. The lowest BCUT2D eigenvalue weighted by Crippen LogP contribution is -2.53. The Morgan fingerprint density at radius 3 is 2.59 bits per heavy atom. The van der Waals surface area contributed by atoms with Crippen molar-refractivity contribution >= 4 is 17.2 Å². The summed E-state index contributed by atoms with van der Waals surface area (Å²) in [5, 5.41) is 12.1. The molecule has 2 atom stereocenters. The van der Waals surface area contributed by atoms with Crippen molar-refractivity contribution in [3.63, 3.8) is 0 Å². The second-order valence-electron chi connectivity index (χ2n) is 6.75. The molecule has 122 valence electrons. The molecular formula is C17H26N2O2S. The van der Waals surface area contributed by atoms with Crippen molar-refractivity contribution in [1.82, 2.24) is 9.80 Å². The fourth-order valence-corrected chi connectivity index (χ4v) is 4.72. The van der Waals surface area contributed by atoms with Gasteiger partial charge in [0.1, 0.15) is 0 Å². The van der Waals surface area contributed by atoms with Crippen molar-refractivity contribution in [3.8, 4) is 0 Å². The van der Waals surface area contributed by atoms with Crippen LogP contribution in [-0.2, 0) is 0 Å². The van der Waals surface area contributed by atoms with Gasteiger partial charge in [0.2, 0.25) is 0 Å². The highest BCUT2D eigenvalue weighted by Crippen LogP contribution is 2.28. The van der Waals surface area contributed by atoms with Gasteiger partial charge in [-0.25, -0.2) is 0 Å². The summed E-state index contributed by atoms with van der Waals surface area (Å²) in [6, 6.07) is 2.39. The first-order valence-electron chi connectivity index (χ1n) is 8.36. The maximum Gasteiger partial charge on any atom is 0.264 e. The molecule has 22 heavy (non-hydrogen) atoms. The van der Waals surface area contributed by atoms with E-state index in [2.05, 4.69) is 24.8 Å². The van der Waals surface area contributed by atoms with Gasteiger partial charge in [0.25, 0.3) is 5.91 Å². The first kappa shape index (κ1) is 16.0. The van der Waals surface area contributed by atoms with Crippen LogP contribution in [0.25, 0.3) is 0 Å². The first-order chi connectivity index (χ1) is 10.6. The molecule has 1 saturated heterocycles. The van der Waals surface area contributed by atoms with E-state index < -0.39 is 0 Å². The van der Waals surface area contributed by atoms with Crippen LogP contribution in [-0.4, -0.2) is 59.1 Å². The smallest absolute Gasteiger partial charge is 0.264 e. The van der Waals surface area contributed by atoms with E-state index in [1.54, 1.807) is 11.3 Å². The maximum absolute atomic E-state index is 12.7. The molecule has 2 heterocycles. The number of piperazine rings is 1. The Hall–Kier alpha value is -0.910. The number of thiophene rings is 1. The summed E-state index contributed by atoms with van der Waals surface area (Å²) in [7, 11) is 0. The van der Waals surface area contributed by atoms with E-state index >= 15 is 0 Å². The van der Waals surface area contributed by atoms with Gasteiger partial charge in [0.05, 0.1) is 11.0 Å². The second-order valence-corrected chi connectivity index (χ2v) is 7.67. The molecular weight excluding hydrogens is 296 g/mol. The molecule has 2 fully saturated rings. The van der Waals surface area contributed by atoms with Crippen molar-refractivity contribution in [2.75, 3.05) is 26.2 Å². The SMILES string of the molecule is CC(C)c1ccsc1C(=O)N1CCN([C@H]2CCC[C@H]2O)CC1. The summed E-state index contributed by atoms with van der Waals surface area (Å²) in [5.74, 6) is 0.574. The van der Waals surface area contributed by atoms with E-state index in [0.717, 1.165) is 50.3 Å². The Morgan fingerprint density at radius 1 is 1.27 bits per heavy atom. The molecule has 0 unspecified atom stereocenters. The van der Waals surface area contributed by atoms with Crippen LogP contribution in [0, 0.1) is 0 Å². The number of amides is 1. The molecule has 1 aliphatic heterocycles. The number of aliphatic hydroxyl groups is 1. The van der Waals surface area contributed by atoms with Gasteiger partial charge >= 0.3 is 0 Å². The highest BCUT2D eigenvalue weighted by molar-refractivity contribution is 7.12. The minimum Gasteiger partial charge on any atom is -0.391 e. The van der Waals surface area contributed by atoms with E-state index in [9.17, 15) is 9.90 Å². The number of carbonyl (C=O) groups is 1. The Morgan fingerprint density at radius 2 is 2.00 bits per heavy atom. The molecule has 1 saturated carbocycles. The highest BCUT2D eigenvalue weighted by Gasteiger charge is 2.34. The van der Waals surface area contributed by atoms with Crippen molar-refractivity contribution < 1.29 is 9.90 Å². The molecule has 0 radical (unpaired) electrons. The molecule has 1 aliphatic carbocycles. The third-order valence-electron chi connectivity index (χ3n) is 5.03. The molecule has 1 amide bonds. The van der Waals surface area contributed by atoms with Crippen LogP contribution in [0.15, 0.2) is 11.4 Å². The maximum atomic E-state index is 12.7. The second kappa shape index (κ2) is 6.69. The largest absolute Gasteiger partial charge is 0.391 e. The van der Waals surface area contributed by atoms with Crippen molar-refractivity contribution in [2.24, 2.45) is 0 Å². The van der Waals surface area contributed by atoms with Crippen LogP contribution in [0.4, 0.5) is 0 Å². The topological polar surface area (TPSA) is 43.8 Å². The van der Waals surface area contributed by atoms with E-state index in [0.29, 0.717) is 12.0 Å².